The monoisotopic (exact) mass is 416 g/mol. The lowest BCUT2D eigenvalue weighted by Gasteiger charge is -2.10. The minimum atomic E-state index is -0.798. The molecule has 2 rings (SSSR count). The number of nitrogens with one attached hydrogen (secondary N) is 2. The van der Waals surface area contributed by atoms with E-state index < -0.39 is 24.4 Å². The van der Waals surface area contributed by atoms with Gasteiger partial charge in [-0.2, -0.15) is 0 Å². The van der Waals surface area contributed by atoms with Crippen molar-refractivity contribution in [3.05, 3.63) is 70.3 Å². The Morgan fingerprint density at radius 3 is 2.46 bits per heavy atom. The molecule has 7 heteroatoms. The second-order valence-electron chi connectivity index (χ2n) is 5.28. The predicted molar refractivity (Wildman–Crippen MR) is 102 cm³/mol. The lowest BCUT2D eigenvalue weighted by atomic mass is 10.2. The molecule has 6 nitrogen and oxygen atoms in total. The lowest BCUT2D eigenvalue weighted by Crippen LogP contribution is -2.28. The lowest BCUT2D eigenvalue weighted by molar-refractivity contribution is -0.144. The van der Waals surface area contributed by atoms with Crippen molar-refractivity contribution in [2.45, 2.75) is 6.92 Å². The fourth-order valence-corrected chi connectivity index (χ4v) is 2.42. The van der Waals surface area contributed by atoms with E-state index in [0.29, 0.717) is 11.3 Å². The molecule has 2 N–H and O–H groups in total. The van der Waals surface area contributed by atoms with Crippen LogP contribution in [0.15, 0.2) is 64.8 Å². The summed E-state index contributed by atoms with van der Waals surface area (Å²) in [5, 5.41) is 5.03. The van der Waals surface area contributed by atoms with Gasteiger partial charge in [-0.05, 0) is 29.8 Å². The van der Waals surface area contributed by atoms with Crippen LogP contribution in [0.4, 0.5) is 5.69 Å². The van der Waals surface area contributed by atoms with E-state index in [1.165, 1.54) is 13.0 Å². The Hall–Kier alpha value is -2.93. The smallest absolute Gasteiger partial charge is 0.355 e. The molecule has 0 aliphatic rings. The molecular formula is C19H17BrN2O4. The number of amides is 2. The topological polar surface area (TPSA) is 84.5 Å². The van der Waals surface area contributed by atoms with Crippen molar-refractivity contribution in [3.8, 4) is 0 Å². The van der Waals surface area contributed by atoms with Gasteiger partial charge in [-0.15, -0.1) is 0 Å². The van der Waals surface area contributed by atoms with Crippen LogP contribution in [-0.4, -0.2) is 24.4 Å². The number of hydrogen-bond acceptors (Lipinski definition) is 4. The minimum Gasteiger partial charge on any atom is -0.451 e. The van der Waals surface area contributed by atoms with Crippen LogP contribution in [0.2, 0.25) is 0 Å². The molecule has 26 heavy (non-hydrogen) atoms. The first-order chi connectivity index (χ1) is 12.4. The van der Waals surface area contributed by atoms with Crippen LogP contribution in [0.5, 0.6) is 0 Å². The molecule has 0 spiro atoms. The van der Waals surface area contributed by atoms with Crippen LogP contribution in [-0.2, 0) is 19.1 Å². The van der Waals surface area contributed by atoms with Crippen molar-refractivity contribution >= 4 is 45.5 Å². The molecule has 0 atom stereocenters. The van der Waals surface area contributed by atoms with Crippen molar-refractivity contribution < 1.29 is 19.1 Å². The summed E-state index contributed by atoms with van der Waals surface area (Å²) < 4.78 is 5.81. The summed E-state index contributed by atoms with van der Waals surface area (Å²) in [5.74, 6) is -1.70. The number of anilines is 1. The molecule has 0 fully saturated rings. The van der Waals surface area contributed by atoms with E-state index in [4.69, 9.17) is 4.74 Å². The van der Waals surface area contributed by atoms with Crippen LogP contribution in [0.3, 0.4) is 0 Å². The third-order valence-electron chi connectivity index (χ3n) is 3.08. The van der Waals surface area contributed by atoms with Crippen LogP contribution in [0.25, 0.3) is 6.08 Å². The Bertz CT molecular complexity index is 834. The van der Waals surface area contributed by atoms with E-state index in [-0.39, 0.29) is 5.70 Å². The molecule has 2 aromatic rings. The fraction of sp³-hybridized carbons (Fsp3) is 0.105. The van der Waals surface area contributed by atoms with E-state index in [0.717, 1.165) is 4.47 Å². The van der Waals surface area contributed by atoms with Gasteiger partial charge < -0.3 is 15.4 Å². The van der Waals surface area contributed by atoms with Crippen molar-refractivity contribution in [1.29, 1.82) is 0 Å². The van der Waals surface area contributed by atoms with Crippen molar-refractivity contribution in [1.82, 2.24) is 5.32 Å². The van der Waals surface area contributed by atoms with Gasteiger partial charge in [0.2, 0.25) is 5.91 Å². The van der Waals surface area contributed by atoms with Gasteiger partial charge in [0.1, 0.15) is 5.70 Å². The summed E-state index contributed by atoms with van der Waals surface area (Å²) >= 11 is 3.30. The van der Waals surface area contributed by atoms with Crippen LogP contribution >= 0.6 is 15.9 Å². The SMILES string of the molecule is CC(=O)N/C(=C/c1ccccc1)C(=O)OCC(=O)Nc1cccc(Br)c1. The van der Waals surface area contributed by atoms with E-state index in [1.54, 1.807) is 42.5 Å². The van der Waals surface area contributed by atoms with Crippen LogP contribution in [0.1, 0.15) is 12.5 Å². The normalized spacial score (nSPS) is 10.8. The van der Waals surface area contributed by atoms with Crippen LogP contribution in [0, 0.1) is 0 Å². The zero-order chi connectivity index (χ0) is 18.9. The molecule has 0 heterocycles. The van der Waals surface area contributed by atoms with Crippen LogP contribution < -0.4 is 10.6 Å². The summed E-state index contributed by atoms with van der Waals surface area (Å²) in [6, 6.07) is 16.0. The highest BCUT2D eigenvalue weighted by Crippen LogP contribution is 2.15. The number of rotatable bonds is 6. The van der Waals surface area contributed by atoms with Gasteiger partial charge in [0, 0.05) is 17.1 Å². The molecule has 2 amide bonds. The molecule has 0 bridgehead atoms. The molecule has 0 aliphatic heterocycles. The highest BCUT2D eigenvalue weighted by molar-refractivity contribution is 9.10. The van der Waals surface area contributed by atoms with E-state index in [9.17, 15) is 14.4 Å². The first-order valence-corrected chi connectivity index (χ1v) is 8.50. The molecule has 2 aromatic carbocycles. The summed E-state index contributed by atoms with van der Waals surface area (Å²) in [6.07, 6.45) is 1.48. The molecule has 0 unspecified atom stereocenters. The number of benzene rings is 2. The Morgan fingerprint density at radius 1 is 1.08 bits per heavy atom. The Balaban J connectivity index is 1.99. The molecular weight excluding hydrogens is 400 g/mol. The van der Waals surface area contributed by atoms with E-state index in [1.807, 2.05) is 12.1 Å². The maximum absolute atomic E-state index is 12.2. The average molecular weight is 417 g/mol. The second-order valence-corrected chi connectivity index (χ2v) is 6.20. The van der Waals surface area contributed by atoms with E-state index >= 15 is 0 Å². The number of esters is 1. The average Bonchev–Trinajstić information content (AvgIpc) is 2.59. The molecule has 0 aliphatic carbocycles. The Labute approximate surface area is 159 Å². The van der Waals surface area contributed by atoms with Crippen molar-refractivity contribution in [2.75, 3.05) is 11.9 Å². The first kappa shape index (κ1) is 19.4. The highest BCUT2D eigenvalue weighted by Gasteiger charge is 2.15. The number of carbonyl (C=O) groups is 3. The standard InChI is InChI=1S/C19H17BrN2O4/c1-13(23)21-17(10-14-6-3-2-4-7-14)19(25)26-12-18(24)22-16-9-5-8-15(20)11-16/h2-11H,12H2,1H3,(H,21,23)(H,22,24)/b17-10+. The summed E-state index contributed by atoms with van der Waals surface area (Å²) in [4.78, 5) is 35.4. The number of carbonyl (C=O) groups excluding carboxylic acids is 3. The maximum atomic E-state index is 12.2. The molecule has 0 aromatic heterocycles. The summed E-state index contributed by atoms with van der Waals surface area (Å²) in [5.41, 5.74) is 1.24. The van der Waals surface area contributed by atoms with Gasteiger partial charge in [0.05, 0.1) is 0 Å². The summed E-state index contributed by atoms with van der Waals surface area (Å²) in [7, 11) is 0. The van der Waals surface area contributed by atoms with E-state index in [2.05, 4.69) is 26.6 Å². The summed E-state index contributed by atoms with van der Waals surface area (Å²) in [6.45, 7) is 0.809. The zero-order valence-corrected chi connectivity index (χ0v) is 15.6. The quantitative estimate of drug-likeness (QED) is 0.559. The Kier molecular flexibility index (Phi) is 7.11. The fourth-order valence-electron chi connectivity index (χ4n) is 2.02. The molecule has 0 saturated heterocycles. The Morgan fingerprint density at radius 2 is 1.81 bits per heavy atom. The predicted octanol–water partition coefficient (Wildman–Crippen LogP) is 3.11. The number of hydrogen-bond donors (Lipinski definition) is 2. The van der Waals surface area contributed by atoms with Gasteiger partial charge in [-0.3, -0.25) is 9.59 Å². The van der Waals surface area contributed by atoms with Gasteiger partial charge in [-0.25, -0.2) is 4.79 Å². The first-order valence-electron chi connectivity index (χ1n) is 7.71. The van der Waals surface area contributed by atoms with Gasteiger partial charge >= 0.3 is 5.97 Å². The van der Waals surface area contributed by atoms with Crippen molar-refractivity contribution in [3.63, 3.8) is 0 Å². The largest absolute Gasteiger partial charge is 0.451 e. The number of ether oxygens (including phenoxy) is 1. The van der Waals surface area contributed by atoms with Gasteiger partial charge in [0.15, 0.2) is 6.61 Å². The van der Waals surface area contributed by atoms with Gasteiger partial charge in [0.25, 0.3) is 5.91 Å². The zero-order valence-electron chi connectivity index (χ0n) is 14.0. The third-order valence-corrected chi connectivity index (χ3v) is 3.58. The molecule has 0 radical (unpaired) electrons. The minimum absolute atomic E-state index is 0.0426. The molecule has 0 saturated carbocycles. The van der Waals surface area contributed by atoms with Crippen molar-refractivity contribution in [2.24, 2.45) is 0 Å². The highest BCUT2D eigenvalue weighted by atomic mass is 79.9. The second kappa shape index (κ2) is 9.53. The maximum Gasteiger partial charge on any atom is 0.355 e. The van der Waals surface area contributed by atoms with Gasteiger partial charge in [-0.1, -0.05) is 52.3 Å². The molecule has 134 valence electrons. The third kappa shape index (κ3) is 6.52. The number of halogens is 1.